The number of nitrogens with two attached hydrogens (primary N) is 1. The smallest absolute Gasteiger partial charge is 0.277 e. The summed E-state index contributed by atoms with van der Waals surface area (Å²) in [7, 11) is -2.23. The Hall–Kier alpha value is -2.69. The molecule has 10 heteroatoms. The zero-order valence-corrected chi connectivity index (χ0v) is 22.3. The molecule has 2 aliphatic rings. The van der Waals surface area contributed by atoms with Crippen LogP contribution in [0.1, 0.15) is 55.6 Å². The molecule has 1 aliphatic carbocycles. The Labute approximate surface area is 218 Å². The summed E-state index contributed by atoms with van der Waals surface area (Å²) in [4.78, 5) is 14.1. The van der Waals surface area contributed by atoms with Crippen molar-refractivity contribution in [3.05, 3.63) is 59.4 Å². The Morgan fingerprint density at radius 1 is 1.11 bits per heavy atom. The second kappa shape index (κ2) is 11.8. The van der Waals surface area contributed by atoms with Crippen LogP contribution in [0.5, 0.6) is 11.5 Å². The molecule has 0 bridgehead atoms. The van der Waals surface area contributed by atoms with Crippen molar-refractivity contribution in [3.63, 3.8) is 0 Å². The van der Waals surface area contributed by atoms with Gasteiger partial charge in [0.05, 0.1) is 7.11 Å². The van der Waals surface area contributed by atoms with Crippen LogP contribution < -0.4 is 14.6 Å². The topological polar surface area (TPSA) is 102 Å². The standard InChI is InChI=1S/C27H36FN3O5S/c1-19(22-7-10-25(28)26(17-22)35-2)15-20-3-4-23(16-20)21-5-8-24(9-6-21)36-18-27(32)30-11-13-31(14-12-30)37(29,33)34/h5-10,17,19-20,23H,3-4,11-16,18H2,1-2H3,(H2,29,33,34)/t19-,20+,23+/m0/s1. The molecular formula is C27H36FN3O5S. The third kappa shape index (κ3) is 7.00. The minimum absolute atomic E-state index is 0.0910. The molecule has 1 amide bonds. The van der Waals surface area contributed by atoms with E-state index in [4.69, 9.17) is 14.6 Å². The minimum Gasteiger partial charge on any atom is -0.494 e. The first-order valence-corrected chi connectivity index (χ1v) is 14.3. The Bertz CT molecular complexity index is 1180. The number of carbonyl (C=O) groups is 1. The number of piperazine rings is 1. The molecule has 8 nitrogen and oxygen atoms in total. The molecule has 0 aromatic heterocycles. The van der Waals surface area contributed by atoms with Gasteiger partial charge < -0.3 is 14.4 Å². The normalized spacial score (nSPS) is 21.6. The molecule has 1 saturated heterocycles. The molecule has 3 atom stereocenters. The summed E-state index contributed by atoms with van der Waals surface area (Å²) >= 11 is 0. The maximum atomic E-state index is 13.8. The summed E-state index contributed by atoms with van der Waals surface area (Å²) in [6.07, 6.45) is 4.47. The van der Waals surface area contributed by atoms with E-state index in [1.54, 1.807) is 11.0 Å². The van der Waals surface area contributed by atoms with E-state index < -0.39 is 10.2 Å². The summed E-state index contributed by atoms with van der Waals surface area (Å²) in [6.45, 7) is 3.08. The Kier molecular flexibility index (Phi) is 8.71. The Balaban J connectivity index is 1.23. The van der Waals surface area contributed by atoms with E-state index in [0.29, 0.717) is 42.3 Å². The third-order valence-electron chi connectivity index (χ3n) is 7.64. The summed E-state index contributed by atoms with van der Waals surface area (Å²) in [5, 5.41) is 5.15. The largest absolute Gasteiger partial charge is 0.494 e. The maximum Gasteiger partial charge on any atom is 0.277 e. The number of methoxy groups -OCH3 is 1. The average molecular weight is 534 g/mol. The van der Waals surface area contributed by atoms with Crippen molar-refractivity contribution in [2.45, 2.75) is 44.4 Å². The quantitative estimate of drug-likeness (QED) is 0.530. The van der Waals surface area contributed by atoms with Gasteiger partial charge in [0, 0.05) is 26.2 Å². The van der Waals surface area contributed by atoms with Crippen molar-refractivity contribution in [3.8, 4) is 11.5 Å². The van der Waals surface area contributed by atoms with Crippen LogP contribution in [0.4, 0.5) is 4.39 Å². The zero-order valence-electron chi connectivity index (χ0n) is 21.4. The summed E-state index contributed by atoms with van der Waals surface area (Å²) < 4.78 is 48.6. The van der Waals surface area contributed by atoms with E-state index in [9.17, 15) is 17.6 Å². The number of hydrogen-bond donors (Lipinski definition) is 1. The van der Waals surface area contributed by atoms with Crippen molar-refractivity contribution in [2.75, 3.05) is 39.9 Å². The van der Waals surface area contributed by atoms with Crippen LogP contribution in [0.2, 0.25) is 0 Å². The molecule has 1 aliphatic heterocycles. The lowest BCUT2D eigenvalue weighted by atomic mass is 9.88. The number of ether oxygens (including phenoxy) is 2. The predicted octanol–water partition coefficient (Wildman–Crippen LogP) is 3.64. The highest BCUT2D eigenvalue weighted by Gasteiger charge is 2.28. The van der Waals surface area contributed by atoms with Gasteiger partial charge in [-0.05, 0) is 78.8 Å². The van der Waals surface area contributed by atoms with Crippen molar-refractivity contribution >= 4 is 16.1 Å². The van der Waals surface area contributed by atoms with E-state index in [1.165, 1.54) is 29.5 Å². The van der Waals surface area contributed by atoms with Crippen LogP contribution in [0.25, 0.3) is 0 Å². The SMILES string of the molecule is COc1cc([C@@H](C)C[C@H]2CC[C@@H](c3ccc(OCC(=O)N4CCN(S(N)(=O)=O)CC4)cc3)C2)ccc1F. The number of nitrogens with zero attached hydrogens (tertiary/aromatic N) is 2. The first-order valence-electron chi connectivity index (χ1n) is 12.8. The number of carbonyl (C=O) groups excluding carboxylic acids is 1. The van der Waals surface area contributed by atoms with Gasteiger partial charge in [0.2, 0.25) is 0 Å². The molecular weight excluding hydrogens is 497 g/mol. The van der Waals surface area contributed by atoms with Crippen LogP contribution in [-0.2, 0) is 15.0 Å². The van der Waals surface area contributed by atoms with E-state index in [-0.39, 0.29) is 31.4 Å². The number of amides is 1. The molecule has 37 heavy (non-hydrogen) atoms. The first kappa shape index (κ1) is 27.3. The summed E-state index contributed by atoms with van der Waals surface area (Å²) in [5.41, 5.74) is 2.38. The van der Waals surface area contributed by atoms with E-state index in [1.807, 2.05) is 18.2 Å². The molecule has 202 valence electrons. The molecule has 1 saturated carbocycles. The second-order valence-electron chi connectivity index (χ2n) is 10.1. The van der Waals surface area contributed by atoms with E-state index >= 15 is 0 Å². The molecule has 0 spiro atoms. The van der Waals surface area contributed by atoms with Gasteiger partial charge >= 0.3 is 0 Å². The highest BCUT2D eigenvalue weighted by Crippen LogP contribution is 2.43. The number of halogens is 1. The molecule has 4 rings (SSSR count). The molecule has 0 unspecified atom stereocenters. The first-order chi connectivity index (χ1) is 17.6. The van der Waals surface area contributed by atoms with Crippen LogP contribution >= 0.6 is 0 Å². The van der Waals surface area contributed by atoms with Gasteiger partial charge in [-0.1, -0.05) is 25.1 Å². The molecule has 2 fully saturated rings. The molecule has 0 radical (unpaired) electrons. The van der Waals surface area contributed by atoms with Crippen molar-refractivity contribution in [1.82, 2.24) is 9.21 Å². The van der Waals surface area contributed by atoms with Crippen LogP contribution in [0, 0.1) is 11.7 Å². The number of rotatable bonds is 9. The van der Waals surface area contributed by atoms with Gasteiger partial charge in [-0.25, -0.2) is 9.53 Å². The predicted molar refractivity (Wildman–Crippen MR) is 139 cm³/mol. The highest BCUT2D eigenvalue weighted by atomic mass is 32.2. The number of benzene rings is 2. The molecule has 2 N–H and O–H groups in total. The van der Waals surface area contributed by atoms with Crippen molar-refractivity contribution in [1.29, 1.82) is 0 Å². The lowest BCUT2D eigenvalue weighted by Gasteiger charge is -2.32. The number of hydrogen-bond acceptors (Lipinski definition) is 5. The van der Waals surface area contributed by atoms with Crippen LogP contribution in [0.15, 0.2) is 42.5 Å². The average Bonchev–Trinajstić information content (AvgIpc) is 3.35. The fourth-order valence-corrected chi connectivity index (χ4v) is 6.15. The molecule has 1 heterocycles. The van der Waals surface area contributed by atoms with E-state index in [0.717, 1.165) is 24.8 Å². The Morgan fingerprint density at radius 3 is 2.46 bits per heavy atom. The highest BCUT2D eigenvalue weighted by molar-refractivity contribution is 7.86. The van der Waals surface area contributed by atoms with Gasteiger partial charge in [0.1, 0.15) is 5.75 Å². The fraction of sp³-hybridized carbons (Fsp3) is 0.519. The third-order valence-corrected chi connectivity index (χ3v) is 8.72. The lowest BCUT2D eigenvalue weighted by molar-refractivity contribution is -0.134. The molecule has 2 aromatic carbocycles. The van der Waals surface area contributed by atoms with Gasteiger partial charge in [0.25, 0.3) is 16.1 Å². The molecule has 2 aromatic rings. The van der Waals surface area contributed by atoms with Gasteiger partial charge in [-0.2, -0.15) is 12.7 Å². The van der Waals surface area contributed by atoms with Gasteiger partial charge in [-0.15, -0.1) is 0 Å². The Morgan fingerprint density at radius 2 is 1.81 bits per heavy atom. The fourth-order valence-electron chi connectivity index (χ4n) is 5.48. The van der Waals surface area contributed by atoms with Crippen LogP contribution in [0.3, 0.4) is 0 Å². The zero-order chi connectivity index (χ0) is 26.6. The van der Waals surface area contributed by atoms with Crippen molar-refractivity contribution < 1.29 is 27.1 Å². The maximum absolute atomic E-state index is 13.8. The monoisotopic (exact) mass is 533 g/mol. The summed E-state index contributed by atoms with van der Waals surface area (Å²) in [5.74, 6) is 1.85. The lowest BCUT2D eigenvalue weighted by Crippen LogP contribution is -2.53. The van der Waals surface area contributed by atoms with Crippen molar-refractivity contribution in [2.24, 2.45) is 11.1 Å². The van der Waals surface area contributed by atoms with Gasteiger partial charge in [-0.3, -0.25) is 4.79 Å². The van der Waals surface area contributed by atoms with E-state index in [2.05, 4.69) is 19.1 Å². The second-order valence-corrected chi connectivity index (χ2v) is 11.6. The minimum atomic E-state index is -3.72. The van der Waals surface area contributed by atoms with Gasteiger partial charge in [0.15, 0.2) is 18.2 Å². The van der Waals surface area contributed by atoms with Crippen LogP contribution in [-0.4, -0.2) is 63.4 Å². The summed E-state index contributed by atoms with van der Waals surface area (Å²) in [6, 6.07) is 13.1.